The van der Waals surface area contributed by atoms with Crippen LogP contribution in [0.2, 0.25) is 0 Å². The summed E-state index contributed by atoms with van der Waals surface area (Å²) in [6.07, 6.45) is 1.49. The maximum atomic E-state index is 12.3. The van der Waals surface area contributed by atoms with Gasteiger partial charge in [-0.3, -0.25) is 9.69 Å². The molecule has 1 aromatic carbocycles. The third kappa shape index (κ3) is 1.97. The molecule has 0 bridgehead atoms. The van der Waals surface area contributed by atoms with E-state index in [1.807, 2.05) is 6.07 Å². The van der Waals surface area contributed by atoms with Crippen molar-refractivity contribution in [2.24, 2.45) is 0 Å². The largest absolute Gasteiger partial charge is 0.325 e. The Morgan fingerprint density at radius 2 is 2.26 bits per heavy atom. The highest BCUT2D eigenvalue weighted by molar-refractivity contribution is 6.07. The number of carbonyl (C=O) groups is 2. The molecule has 0 radical (unpaired) electrons. The Kier molecular flexibility index (Phi) is 3.09. The molecule has 1 fully saturated rings. The van der Waals surface area contributed by atoms with Gasteiger partial charge >= 0.3 is 6.03 Å². The van der Waals surface area contributed by atoms with Crippen LogP contribution in [0.25, 0.3) is 0 Å². The number of urea groups is 1. The summed E-state index contributed by atoms with van der Waals surface area (Å²) in [5.74, 6) is -0.340. The van der Waals surface area contributed by atoms with Crippen molar-refractivity contribution in [3.8, 4) is 6.07 Å². The molecule has 1 aromatic rings. The first-order valence-corrected chi connectivity index (χ1v) is 5.78. The van der Waals surface area contributed by atoms with Gasteiger partial charge in [0.05, 0.1) is 11.6 Å². The molecule has 0 spiro atoms. The second kappa shape index (κ2) is 4.58. The normalized spacial score (nSPS) is 22.0. The van der Waals surface area contributed by atoms with E-state index in [1.165, 1.54) is 6.08 Å². The van der Waals surface area contributed by atoms with E-state index in [0.29, 0.717) is 11.1 Å². The number of hydrogen-bond donors (Lipinski definition) is 1. The Morgan fingerprint density at radius 3 is 2.89 bits per heavy atom. The Morgan fingerprint density at radius 1 is 1.53 bits per heavy atom. The van der Waals surface area contributed by atoms with Gasteiger partial charge < -0.3 is 5.32 Å². The first-order valence-electron chi connectivity index (χ1n) is 5.78. The lowest BCUT2D eigenvalue weighted by Gasteiger charge is -2.22. The summed E-state index contributed by atoms with van der Waals surface area (Å²) >= 11 is 0. The molecule has 0 aliphatic carbocycles. The summed E-state index contributed by atoms with van der Waals surface area (Å²) in [6, 6.07) is 8.23. The van der Waals surface area contributed by atoms with Crippen LogP contribution in [-0.4, -0.2) is 23.4 Å². The van der Waals surface area contributed by atoms with Crippen LogP contribution in [0.5, 0.6) is 0 Å². The van der Waals surface area contributed by atoms with E-state index in [2.05, 4.69) is 11.9 Å². The van der Waals surface area contributed by atoms with Crippen LogP contribution in [0.3, 0.4) is 0 Å². The van der Waals surface area contributed by atoms with Gasteiger partial charge in [0.25, 0.3) is 5.91 Å². The molecule has 1 atom stereocenters. The molecule has 1 heterocycles. The number of hydrogen-bond acceptors (Lipinski definition) is 3. The van der Waals surface area contributed by atoms with Crippen LogP contribution in [0.15, 0.2) is 36.9 Å². The maximum Gasteiger partial charge on any atom is 0.325 e. The first kappa shape index (κ1) is 12.8. The van der Waals surface area contributed by atoms with Crippen LogP contribution >= 0.6 is 0 Å². The van der Waals surface area contributed by atoms with Crippen molar-refractivity contribution < 1.29 is 9.59 Å². The Bertz CT molecular complexity index is 603. The number of nitriles is 1. The van der Waals surface area contributed by atoms with Crippen molar-refractivity contribution in [3.63, 3.8) is 0 Å². The molecule has 0 saturated carbocycles. The van der Waals surface area contributed by atoms with E-state index in [0.717, 1.165) is 4.90 Å². The minimum Gasteiger partial charge on any atom is -0.319 e. The fourth-order valence-electron chi connectivity index (χ4n) is 2.09. The van der Waals surface area contributed by atoms with E-state index < -0.39 is 11.6 Å². The van der Waals surface area contributed by atoms with E-state index in [9.17, 15) is 9.59 Å². The van der Waals surface area contributed by atoms with Crippen molar-refractivity contribution in [2.45, 2.75) is 12.5 Å². The monoisotopic (exact) mass is 255 g/mol. The zero-order valence-corrected chi connectivity index (χ0v) is 10.5. The SMILES string of the molecule is C=CCN1C(=O)NC(C)(c2cccc(C#N)c2)C1=O. The molecule has 1 unspecified atom stereocenters. The molecule has 5 heteroatoms. The van der Waals surface area contributed by atoms with E-state index >= 15 is 0 Å². The standard InChI is InChI=1S/C14H13N3O2/c1-3-7-17-12(18)14(2,16-13(17)19)11-6-4-5-10(8-11)9-15/h3-6,8H,1,7H2,2H3,(H,16,19). The van der Waals surface area contributed by atoms with Crippen LogP contribution in [0.1, 0.15) is 18.1 Å². The van der Waals surface area contributed by atoms with Gasteiger partial charge in [0.2, 0.25) is 0 Å². The lowest BCUT2D eigenvalue weighted by Crippen LogP contribution is -2.41. The van der Waals surface area contributed by atoms with E-state index in [-0.39, 0.29) is 12.5 Å². The van der Waals surface area contributed by atoms with Crippen LogP contribution in [0, 0.1) is 11.3 Å². The summed E-state index contributed by atoms with van der Waals surface area (Å²) in [4.78, 5) is 25.2. The fraction of sp³-hybridized carbons (Fsp3) is 0.214. The van der Waals surface area contributed by atoms with Crippen molar-refractivity contribution in [2.75, 3.05) is 6.54 Å². The minimum atomic E-state index is -1.13. The molecular formula is C14H13N3O2. The quantitative estimate of drug-likeness (QED) is 0.657. The molecule has 96 valence electrons. The molecular weight excluding hydrogens is 242 g/mol. The lowest BCUT2D eigenvalue weighted by molar-refractivity contribution is -0.130. The topological polar surface area (TPSA) is 73.2 Å². The number of imide groups is 1. The zero-order chi connectivity index (χ0) is 14.0. The highest BCUT2D eigenvalue weighted by Gasteiger charge is 2.48. The molecule has 1 aliphatic heterocycles. The van der Waals surface area contributed by atoms with Crippen LogP contribution in [0.4, 0.5) is 4.79 Å². The molecule has 1 N–H and O–H groups in total. The van der Waals surface area contributed by atoms with E-state index in [1.54, 1.807) is 31.2 Å². The van der Waals surface area contributed by atoms with E-state index in [4.69, 9.17) is 5.26 Å². The van der Waals surface area contributed by atoms with Gasteiger partial charge in [0.1, 0.15) is 5.54 Å². The number of rotatable bonds is 3. The average Bonchev–Trinajstić information content (AvgIpc) is 2.64. The number of carbonyl (C=O) groups excluding carboxylic acids is 2. The number of nitrogens with zero attached hydrogens (tertiary/aromatic N) is 2. The molecule has 5 nitrogen and oxygen atoms in total. The number of benzene rings is 1. The predicted octanol–water partition coefficient (Wildman–Crippen LogP) is 1.51. The van der Waals surface area contributed by atoms with Gasteiger partial charge in [-0.2, -0.15) is 5.26 Å². The van der Waals surface area contributed by atoms with Gasteiger partial charge in [-0.25, -0.2) is 4.79 Å². The fourth-order valence-corrected chi connectivity index (χ4v) is 2.09. The molecule has 2 rings (SSSR count). The van der Waals surface area contributed by atoms with Gasteiger partial charge in [-0.15, -0.1) is 6.58 Å². The summed E-state index contributed by atoms with van der Waals surface area (Å²) in [6.45, 7) is 5.32. The molecule has 1 aliphatic rings. The second-order valence-corrected chi connectivity index (χ2v) is 4.45. The summed E-state index contributed by atoms with van der Waals surface area (Å²) in [5.41, 5.74) is -0.0909. The van der Waals surface area contributed by atoms with Crippen molar-refractivity contribution >= 4 is 11.9 Å². The third-order valence-corrected chi connectivity index (χ3v) is 3.16. The molecule has 19 heavy (non-hydrogen) atoms. The summed E-state index contributed by atoms with van der Waals surface area (Å²) in [5, 5.41) is 11.6. The first-order chi connectivity index (χ1) is 9.02. The number of nitrogens with one attached hydrogen (secondary N) is 1. The summed E-state index contributed by atoms with van der Waals surface area (Å²) < 4.78 is 0. The van der Waals surface area contributed by atoms with Gasteiger partial charge in [-0.05, 0) is 24.6 Å². The Hall–Kier alpha value is -2.61. The highest BCUT2D eigenvalue weighted by atomic mass is 16.2. The Labute approximate surface area is 111 Å². The smallest absolute Gasteiger partial charge is 0.319 e. The molecule has 3 amide bonds. The average molecular weight is 255 g/mol. The third-order valence-electron chi connectivity index (χ3n) is 3.16. The maximum absolute atomic E-state index is 12.3. The number of amides is 3. The van der Waals surface area contributed by atoms with Crippen molar-refractivity contribution in [1.82, 2.24) is 10.2 Å². The predicted molar refractivity (Wildman–Crippen MR) is 69.0 cm³/mol. The van der Waals surface area contributed by atoms with Gasteiger partial charge in [-0.1, -0.05) is 18.2 Å². The summed E-state index contributed by atoms with van der Waals surface area (Å²) in [7, 11) is 0. The van der Waals surface area contributed by atoms with Crippen molar-refractivity contribution in [1.29, 1.82) is 5.26 Å². The van der Waals surface area contributed by atoms with Crippen LogP contribution in [-0.2, 0) is 10.3 Å². The molecule has 0 aromatic heterocycles. The van der Waals surface area contributed by atoms with Crippen LogP contribution < -0.4 is 5.32 Å². The highest BCUT2D eigenvalue weighted by Crippen LogP contribution is 2.29. The second-order valence-electron chi connectivity index (χ2n) is 4.45. The minimum absolute atomic E-state index is 0.165. The Balaban J connectivity index is 2.43. The lowest BCUT2D eigenvalue weighted by atomic mass is 9.91. The van der Waals surface area contributed by atoms with Crippen molar-refractivity contribution in [3.05, 3.63) is 48.0 Å². The molecule has 1 saturated heterocycles. The zero-order valence-electron chi connectivity index (χ0n) is 10.5. The van der Waals surface area contributed by atoms with Gasteiger partial charge in [0.15, 0.2) is 0 Å². The van der Waals surface area contributed by atoms with Gasteiger partial charge in [0, 0.05) is 6.54 Å².